The van der Waals surface area contributed by atoms with E-state index in [9.17, 15) is 9.59 Å². The van der Waals surface area contributed by atoms with E-state index in [1.807, 2.05) is 37.3 Å². The largest absolute Gasteiger partial charge is 0.476 e. The van der Waals surface area contributed by atoms with Gasteiger partial charge >= 0.3 is 12.1 Å². The number of carboxylic acids is 1. The number of imidazole rings is 1. The van der Waals surface area contributed by atoms with Gasteiger partial charge in [0.15, 0.2) is 11.5 Å². The monoisotopic (exact) mass is 289 g/mol. The molecule has 0 aliphatic heterocycles. The van der Waals surface area contributed by atoms with Crippen LogP contribution in [0.15, 0.2) is 30.3 Å². The molecule has 2 aromatic rings. The van der Waals surface area contributed by atoms with Crippen molar-refractivity contribution in [2.45, 2.75) is 20.0 Å². The van der Waals surface area contributed by atoms with Gasteiger partial charge in [-0.1, -0.05) is 37.3 Å². The Kier molecular flexibility index (Phi) is 4.55. The van der Waals surface area contributed by atoms with Gasteiger partial charge in [0.1, 0.15) is 12.4 Å². The molecule has 1 aromatic heterocycles. The van der Waals surface area contributed by atoms with Crippen LogP contribution in [-0.4, -0.2) is 27.1 Å². The van der Waals surface area contributed by atoms with Crippen LogP contribution in [0.2, 0.25) is 0 Å². The summed E-state index contributed by atoms with van der Waals surface area (Å²) in [6.45, 7) is 1.92. The lowest BCUT2D eigenvalue weighted by atomic mass is 10.2. The molecule has 0 bridgehead atoms. The number of carboxylic acid groups (broad SMARTS) is 1. The molecule has 3 N–H and O–H groups in total. The molecule has 1 aromatic carbocycles. The Labute approximate surface area is 121 Å². The Hall–Kier alpha value is -2.83. The Morgan fingerprint density at radius 1 is 1.33 bits per heavy atom. The molecule has 1 heterocycles. The van der Waals surface area contributed by atoms with E-state index in [4.69, 9.17) is 9.84 Å². The van der Waals surface area contributed by atoms with Crippen molar-refractivity contribution in [3.05, 3.63) is 47.4 Å². The van der Waals surface area contributed by atoms with Gasteiger partial charge in [0.2, 0.25) is 0 Å². The third kappa shape index (κ3) is 3.82. The number of aryl methyl sites for hydroxylation is 1. The standard InChI is InChI=1S/C14H15N3O4/c1-2-10-15-11(13(18)19)12(16-10)17-14(20)21-8-9-6-4-3-5-7-9/h3-7H,2,8H2,1H3,(H,15,16)(H,17,20)(H,18,19). The van der Waals surface area contributed by atoms with Crippen molar-refractivity contribution in [2.24, 2.45) is 0 Å². The molecule has 0 aliphatic rings. The van der Waals surface area contributed by atoms with E-state index < -0.39 is 12.1 Å². The first kappa shape index (κ1) is 14.6. The summed E-state index contributed by atoms with van der Waals surface area (Å²) in [7, 11) is 0. The summed E-state index contributed by atoms with van der Waals surface area (Å²) in [5.74, 6) is -0.760. The maximum absolute atomic E-state index is 11.7. The number of nitrogens with one attached hydrogen (secondary N) is 2. The molecule has 2 rings (SSSR count). The predicted octanol–water partition coefficient (Wildman–Crippen LogP) is 2.42. The Morgan fingerprint density at radius 2 is 2.05 bits per heavy atom. The first-order valence-electron chi connectivity index (χ1n) is 6.40. The van der Waals surface area contributed by atoms with Crippen molar-refractivity contribution in [2.75, 3.05) is 5.32 Å². The lowest BCUT2D eigenvalue weighted by Gasteiger charge is -2.05. The number of carbonyl (C=O) groups is 2. The zero-order valence-corrected chi connectivity index (χ0v) is 11.4. The van der Waals surface area contributed by atoms with Crippen molar-refractivity contribution in [3.63, 3.8) is 0 Å². The van der Waals surface area contributed by atoms with Crippen LogP contribution >= 0.6 is 0 Å². The number of nitrogens with zero attached hydrogens (tertiary/aromatic N) is 1. The Balaban J connectivity index is 1.99. The van der Waals surface area contributed by atoms with Gasteiger partial charge in [-0.15, -0.1) is 0 Å². The van der Waals surface area contributed by atoms with Crippen molar-refractivity contribution in [1.29, 1.82) is 0 Å². The molecule has 0 atom stereocenters. The van der Waals surface area contributed by atoms with E-state index >= 15 is 0 Å². The fraction of sp³-hybridized carbons (Fsp3) is 0.214. The van der Waals surface area contributed by atoms with Gasteiger partial charge < -0.3 is 14.8 Å². The number of anilines is 1. The van der Waals surface area contributed by atoms with E-state index in [1.165, 1.54) is 0 Å². The van der Waals surface area contributed by atoms with Crippen LogP contribution in [0.3, 0.4) is 0 Å². The summed E-state index contributed by atoms with van der Waals surface area (Å²) >= 11 is 0. The van der Waals surface area contributed by atoms with Crippen molar-refractivity contribution in [1.82, 2.24) is 9.97 Å². The number of rotatable bonds is 5. The number of amides is 1. The number of hydrogen-bond acceptors (Lipinski definition) is 4. The Morgan fingerprint density at radius 3 is 2.67 bits per heavy atom. The smallest absolute Gasteiger partial charge is 0.413 e. The van der Waals surface area contributed by atoms with Gasteiger partial charge in [-0.3, -0.25) is 5.32 Å². The average molecular weight is 289 g/mol. The molecule has 0 saturated carbocycles. The molecule has 0 fully saturated rings. The molecule has 7 heteroatoms. The zero-order valence-electron chi connectivity index (χ0n) is 11.4. The number of carbonyl (C=O) groups excluding carboxylic acids is 1. The minimum Gasteiger partial charge on any atom is -0.476 e. The highest BCUT2D eigenvalue weighted by Gasteiger charge is 2.18. The van der Waals surface area contributed by atoms with E-state index in [2.05, 4.69) is 15.3 Å². The number of aromatic nitrogens is 2. The fourth-order valence-corrected chi connectivity index (χ4v) is 1.69. The molecule has 0 radical (unpaired) electrons. The lowest BCUT2D eigenvalue weighted by Crippen LogP contribution is -2.16. The van der Waals surface area contributed by atoms with Gasteiger partial charge in [0.25, 0.3) is 0 Å². The van der Waals surface area contributed by atoms with E-state index in [1.54, 1.807) is 0 Å². The highest BCUT2D eigenvalue weighted by atomic mass is 16.5. The Bertz CT molecular complexity index is 637. The summed E-state index contributed by atoms with van der Waals surface area (Å²) in [5, 5.41) is 11.4. The fourth-order valence-electron chi connectivity index (χ4n) is 1.69. The third-order valence-corrected chi connectivity index (χ3v) is 2.73. The number of aromatic amines is 1. The number of benzene rings is 1. The van der Waals surface area contributed by atoms with Crippen LogP contribution in [0, 0.1) is 0 Å². The molecule has 110 valence electrons. The minimum atomic E-state index is -1.19. The second-order valence-electron chi connectivity index (χ2n) is 4.25. The zero-order chi connectivity index (χ0) is 15.2. The van der Waals surface area contributed by atoms with E-state index in [-0.39, 0.29) is 18.1 Å². The normalized spacial score (nSPS) is 10.1. The molecule has 1 amide bonds. The number of ether oxygens (including phenoxy) is 1. The quantitative estimate of drug-likeness (QED) is 0.784. The van der Waals surface area contributed by atoms with Gasteiger partial charge in [0.05, 0.1) is 0 Å². The summed E-state index contributed by atoms with van der Waals surface area (Å²) in [6, 6.07) is 9.17. The number of aromatic carboxylic acids is 1. The van der Waals surface area contributed by atoms with Crippen LogP contribution in [0.1, 0.15) is 28.8 Å². The summed E-state index contributed by atoms with van der Waals surface area (Å²) in [5.41, 5.74) is 0.672. The highest BCUT2D eigenvalue weighted by molar-refractivity contribution is 5.95. The predicted molar refractivity (Wildman–Crippen MR) is 75.2 cm³/mol. The first-order valence-corrected chi connectivity index (χ1v) is 6.40. The number of hydrogen-bond donors (Lipinski definition) is 3. The molecule has 0 spiro atoms. The molecular formula is C14H15N3O4. The van der Waals surface area contributed by atoms with Crippen LogP contribution in [0.25, 0.3) is 0 Å². The molecule has 21 heavy (non-hydrogen) atoms. The summed E-state index contributed by atoms with van der Waals surface area (Å²) < 4.78 is 5.01. The van der Waals surface area contributed by atoms with E-state index in [0.29, 0.717) is 12.2 Å². The van der Waals surface area contributed by atoms with Crippen LogP contribution in [0.4, 0.5) is 10.6 Å². The van der Waals surface area contributed by atoms with Gasteiger partial charge in [-0.25, -0.2) is 14.6 Å². The van der Waals surface area contributed by atoms with Gasteiger partial charge in [0, 0.05) is 6.42 Å². The van der Waals surface area contributed by atoms with Gasteiger partial charge in [-0.05, 0) is 5.56 Å². The topological polar surface area (TPSA) is 104 Å². The lowest BCUT2D eigenvalue weighted by molar-refractivity contribution is 0.0692. The maximum Gasteiger partial charge on any atom is 0.413 e. The second kappa shape index (κ2) is 6.56. The number of H-pyrrole nitrogens is 1. The molecular weight excluding hydrogens is 274 g/mol. The molecule has 0 aliphatic carbocycles. The average Bonchev–Trinajstić information content (AvgIpc) is 2.89. The van der Waals surface area contributed by atoms with E-state index in [0.717, 1.165) is 5.56 Å². The highest BCUT2D eigenvalue weighted by Crippen LogP contribution is 2.13. The SMILES string of the molecule is CCc1nc(NC(=O)OCc2ccccc2)c(C(=O)O)[nH]1. The summed E-state index contributed by atoms with van der Waals surface area (Å²) in [4.78, 5) is 29.4. The first-order chi connectivity index (χ1) is 10.1. The molecule has 0 unspecified atom stereocenters. The van der Waals surface area contributed by atoms with Crippen LogP contribution in [-0.2, 0) is 17.8 Å². The second-order valence-corrected chi connectivity index (χ2v) is 4.25. The van der Waals surface area contributed by atoms with Crippen molar-refractivity contribution in [3.8, 4) is 0 Å². The molecule has 7 nitrogen and oxygen atoms in total. The maximum atomic E-state index is 11.7. The third-order valence-electron chi connectivity index (χ3n) is 2.73. The molecule has 0 saturated heterocycles. The minimum absolute atomic E-state index is 0.0441. The summed E-state index contributed by atoms with van der Waals surface area (Å²) in [6.07, 6.45) is -0.225. The van der Waals surface area contributed by atoms with Crippen LogP contribution < -0.4 is 5.32 Å². The van der Waals surface area contributed by atoms with Crippen molar-refractivity contribution < 1.29 is 19.4 Å². The van der Waals surface area contributed by atoms with Crippen LogP contribution in [0.5, 0.6) is 0 Å². The van der Waals surface area contributed by atoms with Crippen molar-refractivity contribution >= 4 is 17.9 Å². The van der Waals surface area contributed by atoms with Gasteiger partial charge in [-0.2, -0.15) is 0 Å².